The Morgan fingerprint density at radius 3 is 2.48 bits per heavy atom. The quantitative estimate of drug-likeness (QED) is 0.531. The SMILES string of the molecule is CCNc1ccc(OCCCOCCCOCC(=O)CC)cn1. The first kappa shape index (κ1) is 19.4. The van der Waals surface area contributed by atoms with Crippen LogP contribution in [0.4, 0.5) is 5.82 Å². The summed E-state index contributed by atoms with van der Waals surface area (Å²) in [5.74, 6) is 1.75. The first-order valence-electron chi connectivity index (χ1n) is 8.26. The van der Waals surface area contributed by atoms with Gasteiger partial charge in [0.1, 0.15) is 18.2 Å². The van der Waals surface area contributed by atoms with E-state index in [0.29, 0.717) is 32.8 Å². The van der Waals surface area contributed by atoms with Crippen LogP contribution in [0.5, 0.6) is 5.75 Å². The Kier molecular flexibility index (Phi) is 10.8. The van der Waals surface area contributed by atoms with E-state index in [4.69, 9.17) is 14.2 Å². The van der Waals surface area contributed by atoms with E-state index in [1.54, 1.807) is 6.20 Å². The minimum Gasteiger partial charge on any atom is -0.492 e. The smallest absolute Gasteiger partial charge is 0.158 e. The number of hydrogen-bond acceptors (Lipinski definition) is 6. The molecule has 1 aromatic rings. The van der Waals surface area contributed by atoms with Crippen LogP contribution in [-0.4, -0.2) is 50.3 Å². The topological polar surface area (TPSA) is 69.7 Å². The highest BCUT2D eigenvalue weighted by atomic mass is 16.5. The molecule has 0 aliphatic heterocycles. The predicted molar refractivity (Wildman–Crippen MR) is 90.1 cm³/mol. The summed E-state index contributed by atoms with van der Waals surface area (Å²) in [5, 5.41) is 3.13. The van der Waals surface area contributed by atoms with E-state index < -0.39 is 0 Å². The fourth-order valence-electron chi connectivity index (χ4n) is 1.76. The van der Waals surface area contributed by atoms with Gasteiger partial charge in [0.15, 0.2) is 5.78 Å². The number of nitrogens with zero attached hydrogens (tertiary/aromatic N) is 1. The highest BCUT2D eigenvalue weighted by molar-refractivity contribution is 5.79. The van der Waals surface area contributed by atoms with Gasteiger partial charge >= 0.3 is 0 Å². The van der Waals surface area contributed by atoms with Crippen LogP contribution in [0.3, 0.4) is 0 Å². The molecule has 6 heteroatoms. The normalized spacial score (nSPS) is 10.5. The van der Waals surface area contributed by atoms with E-state index in [-0.39, 0.29) is 12.4 Å². The molecule has 130 valence electrons. The molecule has 1 N–H and O–H groups in total. The number of anilines is 1. The summed E-state index contributed by atoms with van der Waals surface area (Å²) in [6.07, 6.45) is 3.87. The number of ether oxygens (including phenoxy) is 3. The average Bonchev–Trinajstić information content (AvgIpc) is 2.58. The molecule has 0 atom stereocenters. The van der Waals surface area contributed by atoms with Gasteiger partial charge in [-0.1, -0.05) is 6.92 Å². The van der Waals surface area contributed by atoms with E-state index in [0.717, 1.165) is 31.0 Å². The molecular formula is C17H28N2O4. The van der Waals surface area contributed by atoms with Crippen molar-refractivity contribution in [2.75, 3.05) is 44.9 Å². The molecule has 6 nitrogen and oxygen atoms in total. The third-order valence-corrected chi connectivity index (χ3v) is 3.03. The van der Waals surface area contributed by atoms with Crippen molar-refractivity contribution in [3.8, 4) is 5.75 Å². The van der Waals surface area contributed by atoms with Gasteiger partial charge in [-0.3, -0.25) is 4.79 Å². The van der Waals surface area contributed by atoms with Crippen LogP contribution in [0.2, 0.25) is 0 Å². The summed E-state index contributed by atoms with van der Waals surface area (Å²) in [5.41, 5.74) is 0. The molecule has 1 rings (SSSR count). The second-order valence-corrected chi connectivity index (χ2v) is 5.02. The Bertz CT molecular complexity index is 423. The fraction of sp³-hybridized carbons (Fsp3) is 0.647. The van der Waals surface area contributed by atoms with Gasteiger partial charge in [0.2, 0.25) is 0 Å². The van der Waals surface area contributed by atoms with E-state index in [1.807, 2.05) is 26.0 Å². The molecule has 1 aromatic heterocycles. The highest BCUT2D eigenvalue weighted by Gasteiger charge is 1.98. The average molecular weight is 324 g/mol. The number of aromatic nitrogens is 1. The first-order chi connectivity index (χ1) is 11.3. The lowest BCUT2D eigenvalue weighted by Crippen LogP contribution is -2.10. The summed E-state index contributed by atoms with van der Waals surface area (Å²) in [6, 6.07) is 3.80. The number of carbonyl (C=O) groups is 1. The van der Waals surface area contributed by atoms with Crippen molar-refractivity contribution in [3.63, 3.8) is 0 Å². The molecule has 0 bridgehead atoms. The Labute approximate surface area is 138 Å². The van der Waals surface area contributed by atoms with E-state index in [2.05, 4.69) is 10.3 Å². The molecular weight excluding hydrogens is 296 g/mol. The Morgan fingerprint density at radius 2 is 1.83 bits per heavy atom. The summed E-state index contributed by atoms with van der Waals surface area (Å²) < 4.78 is 16.3. The Balaban J connectivity index is 1.92. The van der Waals surface area contributed by atoms with E-state index >= 15 is 0 Å². The lowest BCUT2D eigenvalue weighted by Gasteiger charge is -2.08. The molecule has 0 spiro atoms. The van der Waals surface area contributed by atoms with Gasteiger partial charge in [0.05, 0.1) is 12.8 Å². The zero-order valence-corrected chi connectivity index (χ0v) is 14.2. The first-order valence-corrected chi connectivity index (χ1v) is 8.26. The maximum Gasteiger partial charge on any atom is 0.158 e. The van der Waals surface area contributed by atoms with Gasteiger partial charge in [-0.25, -0.2) is 4.98 Å². The molecule has 0 amide bonds. The van der Waals surface area contributed by atoms with Crippen LogP contribution < -0.4 is 10.1 Å². The molecule has 0 aliphatic carbocycles. The number of rotatable bonds is 14. The van der Waals surface area contributed by atoms with Crippen LogP contribution in [-0.2, 0) is 14.3 Å². The molecule has 1 heterocycles. The van der Waals surface area contributed by atoms with Gasteiger partial charge in [0, 0.05) is 39.2 Å². The van der Waals surface area contributed by atoms with E-state index in [9.17, 15) is 4.79 Å². The number of carbonyl (C=O) groups excluding carboxylic acids is 1. The highest BCUT2D eigenvalue weighted by Crippen LogP contribution is 2.11. The van der Waals surface area contributed by atoms with Crippen molar-refractivity contribution in [3.05, 3.63) is 18.3 Å². The lowest BCUT2D eigenvalue weighted by atomic mass is 10.3. The van der Waals surface area contributed by atoms with E-state index in [1.165, 1.54) is 0 Å². The van der Waals surface area contributed by atoms with Crippen molar-refractivity contribution < 1.29 is 19.0 Å². The summed E-state index contributed by atoms with van der Waals surface area (Å²) in [6.45, 7) is 7.38. The number of pyridine rings is 1. The maximum absolute atomic E-state index is 11.0. The molecule has 0 radical (unpaired) electrons. The number of ketones is 1. The Morgan fingerprint density at radius 1 is 1.09 bits per heavy atom. The fourth-order valence-corrected chi connectivity index (χ4v) is 1.76. The van der Waals surface area contributed by atoms with Gasteiger partial charge in [-0.15, -0.1) is 0 Å². The van der Waals surface area contributed by atoms with Crippen molar-refractivity contribution >= 4 is 11.6 Å². The Hall–Kier alpha value is -1.66. The van der Waals surface area contributed by atoms with Gasteiger partial charge in [-0.05, 0) is 25.5 Å². The monoisotopic (exact) mass is 324 g/mol. The van der Waals surface area contributed by atoms with Gasteiger partial charge < -0.3 is 19.5 Å². The standard InChI is InChI=1S/C17H28N2O4/c1-3-15(20)14-22-11-5-9-21-10-6-12-23-16-7-8-17(18-4-2)19-13-16/h7-8,13H,3-6,9-12,14H2,1-2H3,(H,18,19). The molecule has 0 saturated heterocycles. The zero-order chi connectivity index (χ0) is 16.8. The molecule has 23 heavy (non-hydrogen) atoms. The van der Waals surface area contributed by atoms with Crippen LogP contribution in [0, 0.1) is 0 Å². The minimum atomic E-state index is 0.135. The molecule has 0 saturated carbocycles. The van der Waals surface area contributed by atoms with Crippen molar-refractivity contribution in [1.29, 1.82) is 0 Å². The van der Waals surface area contributed by atoms with Crippen molar-refractivity contribution in [2.45, 2.75) is 33.1 Å². The summed E-state index contributed by atoms with van der Waals surface area (Å²) >= 11 is 0. The maximum atomic E-state index is 11.0. The third kappa shape index (κ3) is 9.86. The predicted octanol–water partition coefficient (Wildman–Crippen LogP) is 2.68. The van der Waals surface area contributed by atoms with Crippen molar-refractivity contribution in [2.24, 2.45) is 0 Å². The number of hydrogen-bond donors (Lipinski definition) is 1. The lowest BCUT2D eigenvalue weighted by molar-refractivity contribution is -0.123. The van der Waals surface area contributed by atoms with Crippen molar-refractivity contribution in [1.82, 2.24) is 4.98 Å². The molecule has 0 aromatic carbocycles. The molecule has 0 aliphatic rings. The van der Waals surface area contributed by atoms with Gasteiger partial charge in [0.25, 0.3) is 0 Å². The van der Waals surface area contributed by atoms with Crippen LogP contribution in [0.15, 0.2) is 18.3 Å². The minimum absolute atomic E-state index is 0.135. The molecule has 0 fully saturated rings. The summed E-state index contributed by atoms with van der Waals surface area (Å²) in [4.78, 5) is 15.2. The van der Waals surface area contributed by atoms with Crippen LogP contribution in [0.1, 0.15) is 33.1 Å². The number of Topliss-reactive ketones (excluding diaryl/α,β-unsaturated/α-hetero) is 1. The van der Waals surface area contributed by atoms with Crippen LogP contribution >= 0.6 is 0 Å². The van der Waals surface area contributed by atoms with Gasteiger partial charge in [-0.2, -0.15) is 0 Å². The molecule has 0 unspecified atom stereocenters. The third-order valence-electron chi connectivity index (χ3n) is 3.03. The van der Waals surface area contributed by atoms with Crippen LogP contribution in [0.25, 0.3) is 0 Å². The second-order valence-electron chi connectivity index (χ2n) is 5.02. The zero-order valence-electron chi connectivity index (χ0n) is 14.2. The number of nitrogens with one attached hydrogen (secondary N) is 1. The second kappa shape index (κ2) is 12.8. The largest absolute Gasteiger partial charge is 0.492 e. The summed E-state index contributed by atoms with van der Waals surface area (Å²) in [7, 11) is 0.